The fourth-order valence-electron chi connectivity index (χ4n) is 2.75. The first-order chi connectivity index (χ1) is 12.9. The lowest BCUT2D eigenvalue weighted by molar-refractivity contribution is -0.115. The SMILES string of the molecule is CC(=O)Nc1cccc(NC(=O)Cc2sc(-c3ccccc3C)nc2C)c1. The molecule has 0 saturated carbocycles. The number of aryl methyl sites for hydroxylation is 2. The molecule has 0 atom stereocenters. The molecule has 2 aromatic carbocycles. The summed E-state index contributed by atoms with van der Waals surface area (Å²) in [4.78, 5) is 29.2. The molecule has 3 rings (SSSR count). The summed E-state index contributed by atoms with van der Waals surface area (Å²) in [6.45, 7) is 5.43. The number of hydrogen-bond donors (Lipinski definition) is 2. The highest BCUT2D eigenvalue weighted by molar-refractivity contribution is 7.15. The van der Waals surface area contributed by atoms with Crippen LogP contribution in [-0.2, 0) is 16.0 Å². The van der Waals surface area contributed by atoms with E-state index < -0.39 is 0 Å². The van der Waals surface area contributed by atoms with Crippen molar-refractivity contribution in [3.8, 4) is 10.6 Å². The lowest BCUT2D eigenvalue weighted by Gasteiger charge is -2.07. The first kappa shape index (κ1) is 18.8. The largest absolute Gasteiger partial charge is 0.326 e. The summed E-state index contributed by atoms with van der Waals surface area (Å²) in [6.07, 6.45) is 0.264. The number of hydrogen-bond acceptors (Lipinski definition) is 4. The fourth-order valence-corrected chi connectivity index (χ4v) is 3.90. The summed E-state index contributed by atoms with van der Waals surface area (Å²) < 4.78 is 0. The van der Waals surface area contributed by atoms with Crippen LogP contribution in [0.15, 0.2) is 48.5 Å². The van der Waals surface area contributed by atoms with Crippen LogP contribution < -0.4 is 10.6 Å². The second kappa shape index (κ2) is 8.14. The average molecular weight is 379 g/mol. The fraction of sp³-hybridized carbons (Fsp3) is 0.190. The Balaban J connectivity index is 1.72. The van der Waals surface area contributed by atoms with Gasteiger partial charge in [0.1, 0.15) is 5.01 Å². The lowest BCUT2D eigenvalue weighted by atomic mass is 10.1. The number of benzene rings is 2. The number of aromatic nitrogens is 1. The molecule has 1 heterocycles. The molecule has 2 N–H and O–H groups in total. The van der Waals surface area contributed by atoms with Gasteiger partial charge in [-0.2, -0.15) is 0 Å². The molecule has 0 fully saturated rings. The molecule has 3 aromatic rings. The van der Waals surface area contributed by atoms with E-state index in [0.717, 1.165) is 26.7 Å². The standard InChI is InChI=1S/C21H21N3O2S/c1-13-7-4-5-10-18(13)21-22-14(2)19(27-21)12-20(26)24-17-9-6-8-16(11-17)23-15(3)25/h4-11H,12H2,1-3H3,(H,23,25)(H,24,26). The molecule has 0 aliphatic heterocycles. The first-order valence-corrected chi connectivity index (χ1v) is 9.44. The van der Waals surface area contributed by atoms with Crippen LogP contribution in [0.1, 0.15) is 23.1 Å². The third kappa shape index (κ3) is 4.80. The topological polar surface area (TPSA) is 71.1 Å². The molecule has 0 saturated heterocycles. The van der Waals surface area contributed by atoms with Crippen LogP contribution in [0.5, 0.6) is 0 Å². The van der Waals surface area contributed by atoms with E-state index in [0.29, 0.717) is 11.4 Å². The van der Waals surface area contributed by atoms with Crippen molar-refractivity contribution in [3.63, 3.8) is 0 Å². The number of carbonyl (C=O) groups is 2. The van der Waals surface area contributed by atoms with Gasteiger partial charge < -0.3 is 10.6 Å². The summed E-state index contributed by atoms with van der Waals surface area (Å²) >= 11 is 1.55. The van der Waals surface area contributed by atoms with Gasteiger partial charge in [0.15, 0.2) is 0 Å². The van der Waals surface area contributed by atoms with Crippen molar-refractivity contribution < 1.29 is 9.59 Å². The summed E-state index contributed by atoms with van der Waals surface area (Å²) in [5.74, 6) is -0.263. The minimum absolute atomic E-state index is 0.113. The number of carbonyl (C=O) groups excluding carboxylic acids is 2. The van der Waals surface area contributed by atoms with E-state index in [1.807, 2.05) is 25.1 Å². The van der Waals surface area contributed by atoms with Crippen LogP contribution in [0, 0.1) is 13.8 Å². The number of nitrogens with one attached hydrogen (secondary N) is 2. The maximum Gasteiger partial charge on any atom is 0.229 e. The van der Waals surface area contributed by atoms with Crippen molar-refractivity contribution in [1.82, 2.24) is 4.98 Å². The second-order valence-corrected chi connectivity index (χ2v) is 7.41. The number of nitrogens with zero attached hydrogens (tertiary/aromatic N) is 1. The van der Waals surface area contributed by atoms with Gasteiger partial charge in [-0.3, -0.25) is 9.59 Å². The van der Waals surface area contributed by atoms with Crippen LogP contribution >= 0.6 is 11.3 Å². The van der Waals surface area contributed by atoms with Gasteiger partial charge in [-0.15, -0.1) is 11.3 Å². The van der Waals surface area contributed by atoms with Crippen LogP contribution in [0.25, 0.3) is 10.6 Å². The highest BCUT2D eigenvalue weighted by Gasteiger charge is 2.14. The van der Waals surface area contributed by atoms with Gasteiger partial charge in [-0.1, -0.05) is 30.3 Å². The van der Waals surface area contributed by atoms with Crippen LogP contribution in [0.4, 0.5) is 11.4 Å². The Hall–Kier alpha value is -2.99. The van der Waals surface area contributed by atoms with Crippen LogP contribution in [0.2, 0.25) is 0 Å². The van der Waals surface area contributed by atoms with Crippen LogP contribution in [-0.4, -0.2) is 16.8 Å². The Kier molecular flexibility index (Phi) is 5.66. The van der Waals surface area contributed by atoms with E-state index in [1.165, 1.54) is 6.92 Å². The zero-order chi connectivity index (χ0) is 19.4. The molecule has 0 radical (unpaired) electrons. The highest BCUT2D eigenvalue weighted by Crippen LogP contribution is 2.30. The van der Waals surface area contributed by atoms with Gasteiger partial charge in [0.2, 0.25) is 11.8 Å². The maximum atomic E-state index is 12.5. The third-order valence-electron chi connectivity index (χ3n) is 4.06. The summed E-state index contributed by atoms with van der Waals surface area (Å²) in [6, 6.07) is 15.2. The zero-order valence-corrected chi connectivity index (χ0v) is 16.3. The molecule has 5 nitrogen and oxygen atoms in total. The van der Waals surface area contributed by atoms with Gasteiger partial charge in [0.05, 0.1) is 12.1 Å². The predicted octanol–water partition coefficient (Wildman–Crippen LogP) is 4.57. The Morgan fingerprint density at radius 3 is 2.41 bits per heavy atom. The summed E-state index contributed by atoms with van der Waals surface area (Å²) in [7, 11) is 0. The number of anilines is 2. The minimum Gasteiger partial charge on any atom is -0.326 e. The highest BCUT2D eigenvalue weighted by atomic mass is 32.1. The normalized spacial score (nSPS) is 10.5. The molecule has 138 valence electrons. The molecule has 0 aliphatic rings. The zero-order valence-electron chi connectivity index (χ0n) is 15.5. The molecule has 0 unspecified atom stereocenters. The van der Waals surface area contributed by atoms with E-state index in [2.05, 4.69) is 28.6 Å². The molecule has 27 heavy (non-hydrogen) atoms. The number of amides is 2. The van der Waals surface area contributed by atoms with Gasteiger partial charge in [-0.05, 0) is 37.6 Å². The van der Waals surface area contributed by atoms with Gasteiger partial charge in [-0.25, -0.2) is 4.98 Å². The second-order valence-electron chi connectivity index (χ2n) is 6.33. The molecule has 1 aromatic heterocycles. The van der Waals surface area contributed by atoms with Crippen LogP contribution in [0.3, 0.4) is 0 Å². The maximum absolute atomic E-state index is 12.5. The van der Waals surface area contributed by atoms with Crippen molar-refractivity contribution >= 4 is 34.5 Å². The molecular weight excluding hydrogens is 358 g/mol. The van der Waals surface area contributed by atoms with Gasteiger partial charge in [0, 0.05) is 28.7 Å². The van der Waals surface area contributed by atoms with Crippen molar-refractivity contribution in [3.05, 3.63) is 64.7 Å². The average Bonchev–Trinajstić information content (AvgIpc) is 2.95. The van der Waals surface area contributed by atoms with E-state index in [1.54, 1.807) is 35.6 Å². The molecule has 0 spiro atoms. The Bertz CT molecular complexity index is 995. The predicted molar refractivity (Wildman–Crippen MR) is 110 cm³/mol. The Labute approximate surface area is 162 Å². The molecule has 2 amide bonds. The van der Waals surface area contributed by atoms with Crippen molar-refractivity contribution in [2.75, 3.05) is 10.6 Å². The van der Waals surface area contributed by atoms with E-state index in [9.17, 15) is 9.59 Å². The van der Waals surface area contributed by atoms with Gasteiger partial charge >= 0.3 is 0 Å². The Morgan fingerprint density at radius 2 is 1.70 bits per heavy atom. The summed E-state index contributed by atoms with van der Waals surface area (Å²) in [5.41, 5.74) is 4.43. The summed E-state index contributed by atoms with van der Waals surface area (Å²) in [5, 5.41) is 6.52. The van der Waals surface area contributed by atoms with Gasteiger partial charge in [0.25, 0.3) is 0 Å². The van der Waals surface area contributed by atoms with E-state index >= 15 is 0 Å². The minimum atomic E-state index is -0.150. The van der Waals surface area contributed by atoms with Crippen molar-refractivity contribution in [2.24, 2.45) is 0 Å². The molecule has 0 aliphatic carbocycles. The lowest BCUT2D eigenvalue weighted by Crippen LogP contribution is -2.14. The first-order valence-electron chi connectivity index (χ1n) is 8.62. The molecular formula is C21H21N3O2S. The molecule has 0 bridgehead atoms. The van der Waals surface area contributed by atoms with Crippen molar-refractivity contribution in [2.45, 2.75) is 27.2 Å². The van der Waals surface area contributed by atoms with Crippen molar-refractivity contribution in [1.29, 1.82) is 0 Å². The number of thiazole rings is 1. The van der Waals surface area contributed by atoms with E-state index in [-0.39, 0.29) is 18.2 Å². The Morgan fingerprint density at radius 1 is 1.00 bits per heavy atom. The number of rotatable bonds is 5. The van der Waals surface area contributed by atoms with E-state index in [4.69, 9.17) is 0 Å². The monoisotopic (exact) mass is 379 g/mol. The quantitative estimate of drug-likeness (QED) is 0.682. The third-order valence-corrected chi connectivity index (χ3v) is 5.25. The molecule has 6 heteroatoms. The smallest absolute Gasteiger partial charge is 0.229 e.